The van der Waals surface area contributed by atoms with Crippen molar-refractivity contribution >= 4 is 22.6 Å². The van der Waals surface area contributed by atoms with Crippen LogP contribution in [-0.2, 0) is 0 Å². The summed E-state index contributed by atoms with van der Waals surface area (Å²) in [5.41, 5.74) is 0.811. The minimum Gasteiger partial charge on any atom is -0.381 e. The van der Waals surface area contributed by atoms with Gasteiger partial charge in [0.15, 0.2) is 6.10 Å². The van der Waals surface area contributed by atoms with Crippen LogP contribution in [0.2, 0.25) is 0 Å². The number of hydrogen-bond donors (Lipinski definition) is 1. The summed E-state index contributed by atoms with van der Waals surface area (Å²) in [7, 11) is 0. The van der Waals surface area contributed by atoms with Gasteiger partial charge in [0.25, 0.3) is 0 Å². The molecule has 0 spiro atoms. The van der Waals surface area contributed by atoms with Crippen molar-refractivity contribution in [3.05, 3.63) is 44.8 Å². The second kappa shape index (κ2) is 4.43. The molecule has 0 bridgehead atoms. The van der Waals surface area contributed by atoms with Crippen LogP contribution in [0.15, 0.2) is 24.3 Å². The van der Waals surface area contributed by atoms with Crippen molar-refractivity contribution in [1.29, 1.82) is 0 Å². The zero-order valence-corrected chi connectivity index (χ0v) is 8.52. The molecule has 3 heteroatoms. The number of benzene rings is 1. The molecule has 1 rings (SSSR count). The first-order valence-electron chi connectivity index (χ1n) is 3.51. The number of nitrogens with zero attached hydrogens (tertiary/aromatic N) is 1. The Labute approximate surface area is 85.2 Å². The average molecular weight is 273 g/mol. The molecule has 1 aromatic rings. The third-order valence-electron chi connectivity index (χ3n) is 1.52. The normalized spacial score (nSPS) is 12.1. The number of aliphatic hydroxyl groups excluding tert-OH is 1. The lowest BCUT2D eigenvalue weighted by Gasteiger charge is -2.03. The molecule has 0 amide bonds. The summed E-state index contributed by atoms with van der Waals surface area (Å²) in [5.74, 6) is 0. The van der Waals surface area contributed by atoms with E-state index in [-0.39, 0.29) is 6.54 Å². The van der Waals surface area contributed by atoms with E-state index in [4.69, 9.17) is 6.57 Å². The van der Waals surface area contributed by atoms with Gasteiger partial charge in [-0.1, -0.05) is 12.1 Å². The summed E-state index contributed by atoms with van der Waals surface area (Å²) in [6.45, 7) is 6.73. The Bertz CT molecular complexity index is 288. The first-order valence-corrected chi connectivity index (χ1v) is 4.58. The number of hydrogen-bond acceptors (Lipinski definition) is 1. The van der Waals surface area contributed by atoms with Crippen molar-refractivity contribution in [2.45, 2.75) is 6.10 Å². The molecule has 0 aliphatic rings. The van der Waals surface area contributed by atoms with Gasteiger partial charge in [-0.2, -0.15) is 0 Å². The van der Waals surface area contributed by atoms with Crippen LogP contribution >= 0.6 is 22.6 Å². The third-order valence-corrected chi connectivity index (χ3v) is 2.24. The van der Waals surface area contributed by atoms with Crippen molar-refractivity contribution in [3.8, 4) is 0 Å². The Morgan fingerprint density at radius 2 is 2.00 bits per heavy atom. The van der Waals surface area contributed by atoms with Gasteiger partial charge in [0.2, 0.25) is 6.54 Å². The first kappa shape index (κ1) is 9.49. The topological polar surface area (TPSA) is 24.6 Å². The lowest BCUT2D eigenvalue weighted by Crippen LogP contribution is -1.99. The van der Waals surface area contributed by atoms with E-state index in [1.807, 2.05) is 24.3 Å². The smallest absolute Gasteiger partial charge is 0.244 e. The molecular formula is C9H8INO. The Hall–Kier alpha value is -0.600. The van der Waals surface area contributed by atoms with E-state index >= 15 is 0 Å². The van der Waals surface area contributed by atoms with E-state index in [0.717, 1.165) is 9.13 Å². The molecule has 1 N–H and O–H groups in total. The van der Waals surface area contributed by atoms with E-state index in [1.54, 1.807) is 0 Å². The molecule has 0 heterocycles. The van der Waals surface area contributed by atoms with Crippen LogP contribution in [-0.4, -0.2) is 11.7 Å². The number of rotatable bonds is 2. The zero-order valence-electron chi connectivity index (χ0n) is 6.37. The van der Waals surface area contributed by atoms with Gasteiger partial charge in [0.05, 0.1) is 0 Å². The van der Waals surface area contributed by atoms with Crippen molar-refractivity contribution in [1.82, 2.24) is 0 Å². The Balaban J connectivity index is 2.76. The summed E-state index contributed by atoms with van der Waals surface area (Å²) < 4.78 is 1.13. The largest absolute Gasteiger partial charge is 0.381 e. The second-order valence-electron chi connectivity index (χ2n) is 2.41. The maximum absolute atomic E-state index is 9.40. The fourth-order valence-corrected chi connectivity index (χ4v) is 1.24. The fraction of sp³-hybridized carbons (Fsp3) is 0.222. The average Bonchev–Trinajstić information content (AvgIpc) is 2.06. The van der Waals surface area contributed by atoms with Gasteiger partial charge >= 0.3 is 0 Å². The van der Waals surface area contributed by atoms with Gasteiger partial charge in [-0.25, -0.2) is 6.57 Å². The van der Waals surface area contributed by atoms with Crippen LogP contribution < -0.4 is 0 Å². The molecule has 0 fully saturated rings. The second-order valence-corrected chi connectivity index (χ2v) is 3.65. The third kappa shape index (κ3) is 2.47. The molecule has 62 valence electrons. The maximum atomic E-state index is 9.40. The van der Waals surface area contributed by atoms with Gasteiger partial charge in [-0.05, 0) is 40.3 Å². The van der Waals surface area contributed by atoms with Crippen LogP contribution in [0.4, 0.5) is 0 Å². The summed E-state index contributed by atoms with van der Waals surface area (Å²) in [6, 6.07) is 7.53. The fourth-order valence-electron chi connectivity index (χ4n) is 0.877. The van der Waals surface area contributed by atoms with E-state index in [0.29, 0.717) is 0 Å². The van der Waals surface area contributed by atoms with Crippen LogP contribution in [0.25, 0.3) is 4.85 Å². The highest BCUT2D eigenvalue weighted by molar-refractivity contribution is 14.1. The van der Waals surface area contributed by atoms with Crippen LogP contribution in [0, 0.1) is 10.1 Å². The van der Waals surface area contributed by atoms with E-state index in [9.17, 15) is 5.11 Å². The molecule has 1 unspecified atom stereocenters. The Morgan fingerprint density at radius 3 is 2.50 bits per heavy atom. The predicted molar refractivity (Wildman–Crippen MR) is 55.6 cm³/mol. The van der Waals surface area contributed by atoms with Crippen molar-refractivity contribution < 1.29 is 5.11 Å². The molecular weight excluding hydrogens is 265 g/mol. The summed E-state index contributed by atoms with van der Waals surface area (Å²) in [4.78, 5) is 3.13. The minimum atomic E-state index is -0.639. The van der Waals surface area contributed by atoms with Gasteiger partial charge in [0, 0.05) is 3.57 Å². The van der Waals surface area contributed by atoms with Crippen molar-refractivity contribution in [2.75, 3.05) is 6.54 Å². The molecule has 0 radical (unpaired) electrons. The van der Waals surface area contributed by atoms with Gasteiger partial charge < -0.3 is 9.95 Å². The molecule has 1 atom stereocenters. The van der Waals surface area contributed by atoms with Gasteiger partial charge in [-0.15, -0.1) is 0 Å². The summed E-state index contributed by atoms with van der Waals surface area (Å²) in [5, 5.41) is 9.40. The van der Waals surface area contributed by atoms with Crippen molar-refractivity contribution in [3.63, 3.8) is 0 Å². The molecule has 0 saturated heterocycles. The Morgan fingerprint density at radius 1 is 1.42 bits per heavy atom. The van der Waals surface area contributed by atoms with Crippen LogP contribution in [0.5, 0.6) is 0 Å². The van der Waals surface area contributed by atoms with Gasteiger partial charge in [0.1, 0.15) is 0 Å². The lowest BCUT2D eigenvalue weighted by atomic mass is 10.1. The quantitative estimate of drug-likeness (QED) is 0.648. The minimum absolute atomic E-state index is 0.139. The molecule has 0 saturated carbocycles. The molecule has 0 aliphatic heterocycles. The van der Waals surface area contributed by atoms with E-state index in [2.05, 4.69) is 27.4 Å². The molecule has 0 aromatic heterocycles. The maximum Gasteiger partial charge on any atom is 0.244 e. The summed E-state index contributed by atoms with van der Waals surface area (Å²) >= 11 is 2.20. The zero-order chi connectivity index (χ0) is 8.97. The highest BCUT2D eigenvalue weighted by Crippen LogP contribution is 2.14. The van der Waals surface area contributed by atoms with Crippen LogP contribution in [0.3, 0.4) is 0 Å². The lowest BCUT2D eigenvalue weighted by molar-refractivity contribution is 0.195. The Kier molecular flexibility index (Phi) is 3.50. The van der Waals surface area contributed by atoms with Crippen molar-refractivity contribution in [2.24, 2.45) is 0 Å². The molecule has 12 heavy (non-hydrogen) atoms. The molecule has 1 aromatic carbocycles. The predicted octanol–water partition coefficient (Wildman–Crippen LogP) is 2.24. The SMILES string of the molecule is [C-]#[N+]CC(O)c1ccc(I)cc1. The number of aliphatic hydroxyl groups is 1. The highest BCUT2D eigenvalue weighted by atomic mass is 127. The van der Waals surface area contributed by atoms with Gasteiger partial charge in [-0.3, -0.25) is 0 Å². The number of halogens is 1. The molecule has 0 aliphatic carbocycles. The standard InChI is InChI=1S/C9H8INO/c1-11-6-9(12)7-2-4-8(10)5-3-7/h2-5,9,12H,6H2. The van der Waals surface area contributed by atoms with E-state index in [1.165, 1.54) is 0 Å². The monoisotopic (exact) mass is 273 g/mol. The summed E-state index contributed by atoms with van der Waals surface area (Å²) in [6.07, 6.45) is -0.639. The molecule has 2 nitrogen and oxygen atoms in total. The van der Waals surface area contributed by atoms with Crippen LogP contribution in [0.1, 0.15) is 11.7 Å². The van der Waals surface area contributed by atoms with E-state index < -0.39 is 6.10 Å². The highest BCUT2D eigenvalue weighted by Gasteiger charge is 2.08. The first-order chi connectivity index (χ1) is 5.74.